The van der Waals surface area contributed by atoms with Crippen LogP contribution in [-0.4, -0.2) is 64.2 Å². The molecule has 4 rings (SSSR count). The molecule has 1 amide bonds. The van der Waals surface area contributed by atoms with Crippen LogP contribution in [0.15, 0.2) is 30.5 Å². The van der Waals surface area contributed by atoms with E-state index >= 15 is 0 Å². The Morgan fingerprint density at radius 3 is 2.38 bits per heavy atom. The number of piperazine rings is 1. The fourth-order valence-corrected chi connectivity index (χ4v) is 4.76. The first kappa shape index (κ1) is 27.0. The van der Waals surface area contributed by atoms with Crippen molar-refractivity contribution in [3.8, 4) is 0 Å². The molecule has 1 aliphatic carbocycles. The van der Waals surface area contributed by atoms with E-state index < -0.39 is 5.60 Å². The minimum atomic E-state index is -0.467. The van der Waals surface area contributed by atoms with E-state index in [-0.39, 0.29) is 12.1 Å². The first-order chi connectivity index (χ1) is 17.6. The van der Waals surface area contributed by atoms with Crippen molar-refractivity contribution < 1.29 is 9.53 Å². The number of anilines is 3. The summed E-state index contributed by atoms with van der Waals surface area (Å²) in [7, 11) is 0. The number of nitrogens with one attached hydrogen (secondary N) is 2. The van der Waals surface area contributed by atoms with Gasteiger partial charge >= 0.3 is 6.09 Å². The zero-order valence-electron chi connectivity index (χ0n) is 23.0. The van der Waals surface area contributed by atoms with Gasteiger partial charge in [-0.3, -0.25) is 4.90 Å². The zero-order chi connectivity index (χ0) is 26.6. The maximum absolute atomic E-state index is 12.5. The van der Waals surface area contributed by atoms with Gasteiger partial charge in [0.05, 0.1) is 17.9 Å². The van der Waals surface area contributed by atoms with Crippen molar-refractivity contribution in [1.82, 2.24) is 19.8 Å². The number of benzene rings is 1. The Hall–Kier alpha value is -3.07. The molecule has 0 spiro atoms. The van der Waals surface area contributed by atoms with E-state index in [0.29, 0.717) is 36.6 Å². The van der Waals surface area contributed by atoms with E-state index in [2.05, 4.69) is 56.7 Å². The first-order valence-electron chi connectivity index (χ1n) is 13.6. The molecule has 2 fully saturated rings. The van der Waals surface area contributed by atoms with Crippen LogP contribution in [0.25, 0.3) is 0 Å². The monoisotopic (exact) mass is 509 g/mol. The number of nitrogen functional groups attached to an aromatic ring is 1. The molecule has 1 unspecified atom stereocenters. The topological polar surface area (TPSA) is 109 Å². The third-order valence-corrected chi connectivity index (χ3v) is 6.99. The summed E-state index contributed by atoms with van der Waals surface area (Å²) in [4.78, 5) is 25.7. The van der Waals surface area contributed by atoms with Crippen LogP contribution in [0.5, 0.6) is 0 Å². The van der Waals surface area contributed by atoms with Crippen LogP contribution in [0.4, 0.5) is 22.2 Å². The first-order valence-corrected chi connectivity index (χ1v) is 13.6. The van der Waals surface area contributed by atoms with Gasteiger partial charge in [-0.2, -0.15) is 4.98 Å². The minimum absolute atomic E-state index is 0.0476. The van der Waals surface area contributed by atoms with E-state index in [9.17, 15) is 4.79 Å². The standard InChI is InChI=1S/C28H43N7O2/c1-6-30-25-23(29)18-31-26(33-25)32-19(2)21-9-11-22(12-10-21)24(17-20-7-8-20)34-13-15-35(16-14-34)27(36)37-28(3,4)5/h9-12,18-20,24H,6-8,13-17,29H2,1-5H3,(H2,30,31,32,33)/t19-,24?/m0/s1. The van der Waals surface area contributed by atoms with Crippen molar-refractivity contribution in [3.63, 3.8) is 0 Å². The highest BCUT2D eigenvalue weighted by atomic mass is 16.6. The molecule has 1 saturated heterocycles. The molecule has 2 heterocycles. The van der Waals surface area contributed by atoms with Crippen molar-refractivity contribution >= 4 is 23.5 Å². The van der Waals surface area contributed by atoms with E-state index in [1.165, 1.54) is 30.4 Å². The number of aromatic nitrogens is 2. The SMILES string of the molecule is CCNc1nc(N[C@@H](C)c2ccc(C(CC3CC3)N3CCN(C(=O)OC(C)(C)C)CC3)cc2)ncc1N. The molecule has 1 aromatic heterocycles. The third-order valence-electron chi connectivity index (χ3n) is 6.99. The van der Waals surface area contributed by atoms with Gasteiger partial charge in [0.2, 0.25) is 5.95 Å². The molecule has 2 aromatic rings. The lowest BCUT2D eigenvalue weighted by Gasteiger charge is -2.40. The molecule has 4 N–H and O–H groups in total. The molecule has 202 valence electrons. The molecule has 0 bridgehead atoms. The predicted molar refractivity (Wildman–Crippen MR) is 149 cm³/mol. The second-order valence-electron chi connectivity index (χ2n) is 11.3. The van der Waals surface area contributed by atoms with Crippen LogP contribution in [0, 0.1) is 5.92 Å². The molecule has 1 aliphatic heterocycles. The van der Waals surface area contributed by atoms with Crippen LogP contribution in [0.2, 0.25) is 0 Å². The van der Waals surface area contributed by atoms with Gasteiger partial charge < -0.3 is 26.0 Å². The minimum Gasteiger partial charge on any atom is -0.444 e. The van der Waals surface area contributed by atoms with Crippen LogP contribution in [-0.2, 0) is 4.74 Å². The number of amides is 1. The lowest BCUT2D eigenvalue weighted by Crippen LogP contribution is -2.50. The number of ether oxygens (including phenoxy) is 1. The summed E-state index contributed by atoms with van der Waals surface area (Å²) in [6.45, 7) is 13.7. The molecule has 37 heavy (non-hydrogen) atoms. The van der Waals surface area contributed by atoms with Gasteiger partial charge in [0.15, 0.2) is 5.82 Å². The number of rotatable bonds is 9. The predicted octanol–water partition coefficient (Wildman–Crippen LogP) is 5.06. The summed E-state index contributed by atoms with van der Waals surface area (Å²) in [5, 5.41) is 6.56. The maximum Gasteiger partial charge on any atom is 0.410 e. The Morgan fingerprint density at radius 1 is 1.14 bits per heavy atom. The Balaban J connectivity index is 1.39. The van der Waals surface area contributed by atoms with E-state index in [0.717, 1.165) is 25.6 Å². The third kappa shape index (κ3) is 7.47. The molecule has 2 atom stereocenters. The highest BCUT2D eigenvalue weighted by Crippen LogP contribution is 2.40. The van der Waals surface area contributed by atoms with Crippen LogP contribution in [0.3, 0.4) is 0 Å². The Labute approximate surface area is 221 Å². The Kier molecular flexibility index (Phi) is 8.42. The van der Waals surface area contributed by atoms with E-state index in [1.807, 2.05) is 32.6 Å². The van der Waals surface area contributed by atoms with Gasteiger partial charge in [0.25, 0.3) is 0 Å². The number of nitrogens with two attached hydrogens (primary N) is 1. The van der Waals surface area contributed by atoms with Crippen LogP contribution >= 0.6 is 0 Å². The van der Waals surface area contributed by atoms with Crippen molar-refractivity contribution in [2.75, 3.05) is 49.1 Å². The fraction of sp³-hybridized carbons (Fsp3) is 0.607. The quantitative estimate of drug-likeness (QED) is 0.431. The van der Waals surface area contributed by atoms with Gasteiger partial charge in [0.1, 0.15) is 5.60 Å². The van der Waals surface area contributed by atoms with Crippen LogP contribution in [0.1, 0.15) is 77.1 Å². The number of nitrogens with zero attached hydrogens (tertiary/aromatic N) is 4. The van der Waals surface area contributed by atoms with E-state index in [4.69, 9.17) is 10.5 Å². The van der Waals surface area contributed by atoms with Crippen molar-refractivity contribution in [3.05, 3.63) is 41.6 Å². The largest absolute Gasteiger partial charge is 0.444 e. The smallest absolute Gasteiger partial charge is 0.410 e. The Bertz CT molecular complexity index is 1040. The molecule has 2 aliphatic rings. The summed E-state index contributed by atoms with van der Waals surface area (Å²) in [6.07, 6.45) is 5.24. The molecule has 1 saturated carbocycles. The van der Waals surface area contributed by atoms with Gasteiger partial charge in [-0.05, 0) is 58.1 Å². The second-order valence-corrected chi connectivity index (χ2v) is 11.3. The summed E-state index contributed by atoms with van der Waals surface area (Å²) in [6, 6.07) is 9.34. The molecular formula is C28H43N7O2. The number of carbonyl (C=O) groups is 1. The number of hydrogen-bond donors (Lipinski definition) is 3. The summed E-state index contributed by atoms with van der Waals surface area (Å²) in [5.41, 5.74) is 8.55. The number of carbonyl (C=O) groups excluding carboxylic acids is 1. The average molecular weight is 510 g/mol. The Morgan fingerprint density at radius 2 is 1.78 bits per heavy atom. The van der Waals surface area contributed by atoms with Crippen LogP contribution < -0.4 is 16.4 Å². The lowest BCUT2D eigenvalue weighted by atomic mass is 9.96. The van der Waals surface area contributed by atoms with Gasteiger partial charge in [0, 0.05) is 38.8 Å². The zero-order valence-corrected chi connectivity index (χ0v) is 23.0. The highest BCUT2D eigenvalue weighted by Gasteiger charge is 2.33. The van der Waals surface area contributed by atoms with Gasteiger partial charge in [-0.25, -0.2) is 9.78 Å². The molecule has 0 radical (unpaired) electrons. The van der Waals surface area contributed by atoms with Gasteiger partial charge in [-0.1, -0.05) is 37.1 Å². The highest BCUT2D eigenvalue weighted by molar-refractivity contribution is 5.68. The molecule has 9 nitrogen and oxygen atoms in total. The summed E-state index contributed by atoms with van der Waals surface area (Å²) < 4.78 is 5.58. The summed E-state index contributed by atoms with van der Waals surface area (Å²) >= 11 is 0. The normalized spacial score (nSPS) is 18.2. The molecular weight excluding hydrogens is 466 g/mol. The van der Waals surface area contributed by atoms with Crippen molar-refractivity contribution in [1.29, 1.82) is 0 Å². The molecule has 9 heteroatoms. The average Bonchev–Trinajstić information content (AvgIpc) is 3.68. The second kappa shape index (κ2) is 11.5. The van der Waals surface area contributed by atoms with E-state index in [1.54, 1.807) is 6.20 Å². The maximum atomic E-state index is 12.5. The molecule has 1 aromatic carbocycles. The fourth-order valence-electron chi connectivity index (χ4n) is 4.76. The lowest BCUT2D eigenvalue weighted by molar-refractivity contribution is 0.00941. The summed E-state index contributed by atoms with van der Waals surface area (Å²) in [5.74, 6) is 2.01. The number of hydrogen-bond acceptors (Lipinski definition) is 8. The van der Waals surface area contributed by atoms with Crippen molar-refractivity contribution in [2.45, 2.75) is 71.6 Å². The van der Waals surface area contributed by atoms with Crippen molar-refractivity contribution in [2.24, 2.45) is 5.92 Å². The van der Waals surface area contributed by atoms with Gasteiger partial charge in [-0.15, -0.1) is 0 Å².